The third-order valence-electron chi connectivity index (χ3n) is 7.34. The lowest BCUT2D eigenvalue weighted by Crippen LogP contribution is -2.12. The maximum atomic E-state index is 4.96. The van der Waals surface area contributed by atoms with Crippen LogP contribution in [0, 0.1) is 67.2 Å². The Balaban J connectivity index is 0.000000238. The molecule has 1 fully saturated rings. The average molecular weight is 535 g/mol. The van der Waals surface area contributed by atoms with Gasteiger partial charge in [-0.15, -0.1) is 11.3 Å². The second-order valence-electron chi connectivity index (χ2n) is 10.4. The Morgan fingerprint density at radius 2 is 1.21 bits per heavy atom. The van der Waals surface area contributed by atoms with Crippen molar-refractivity contribution in [2.24, 2.45) is 11.8 Å². The van der Waals surface area contributed by atoms with Crippen LogP contribution in [-0.2, 0) is 0 Å². The fourth-order valence-electron chi connectivity index (χ4n) is 3.54. The molecule has 0 bridgehead atoms. The van der Waals surface area contributed by atoms with Crippen molar-refractivity contribution in [3.05, 3.63) is 105 Å². The first-order chi connectivity index (χ1) is 18.0. The number of thiazole rings is 1. The maximum Gasteiger partial charge on any atom is 0.103 e. The Labute approximate surface area is 236 Å². The zero-order valence-electron chi connectivity index (χ0n) is 25.5. The fourth-order valence-corrected chi connectivity index (χ4v) is 4.13. The molecule has 1 aliphatic rings. The van der Waals surface area contributed by atoms with Gasteiger partial charge in [0.15, 0.2) is 0 Å². The van der Waals surface area contributed by atoms with Gasteiger partial charge in [0.2, 0.25) is 0 Å². The number of hydrogen-bond acceptors (Lipinski definition) is 4. The van der Waals surface area contributed by atoms with Gasteiger partial charge in [-0.05, 0) is 102 Å². The minimum absolute atomic E-state index is 1.00. The molecule has 0 unspecified atom stereocenters. The number of aromatic nitrogens is 2. The molecule has 208 valence electrons. The molecule has 3 nitrogen and oxygen atoms in total. The lowest BCUT2D eigenvalue weighted by atomic mass is 9.82. The normalized spacial score (nSPS) is 15.7. The third-order valence-corrected chi connectivity index (χ3v) is 8.20. The van der Waals surface area contributed by atoms with Crippen molar-refractivity contribution in [1.82, 2.24) is 9.97 Å². The standard InChI is InChI=1S/C8H16.C8H10.C7H9N.C6H8O.C5H7NS/c2*1-7-5-3-4-6-8(7)2;1-6-4-3-5-8-7(6)2;1-5-3-4-7-6(5)2;1-4-5(2)7-3-6-4/h7-8H,3-6H2,1-2H3;3-6H,1-2H3;3-5H,1-2H3;3-4H,1-2H3;3H,1-2H3/t7-,8+;;;;. The van der Waals surface area contributed by atoms with Gasteiger partial charge in [0.25, 0.3) is 0 Å². The topological polar surface area (TPSA) is 38.9 Å². The van der Waals surface area contributed by atoms with Crippen molar-refractivity contribution in [2.45, 2.75) is 94.9 Å². The highest BCUT2D eigenvalue weighted by Gasteiger charge is 2.15. The van der Waals surface area contributed by atoms with Gasteiger partial charge in [0.1, 0.15) is 5.76 Å². The van der Waals surface area contributed by atoms with Crippen LogP contribution in [0.25, 0.3) is 0 Å². The van der Waals surface area contributed by atoms with Crippen LogP contribution < -0.4 is 0 Å². The molecule has 0 N–H and O–H groups in total. The van der Waals surface area contributed by atoms with Gasteiger partial charge in [-0.25, -0.2) is 4.98 Å². The summed E-state index contributed by atoms with van der Waals surface area (Å²) in [5.74, 6) is 3.02. The first-order valence-electron chi connectivity index (χ1n) is 13.8. The summed E-state index contributed by atoms with van der Waals surface area (Å²) in [5, 5.41) is 0. The minimum atomic E-state index is 1.00. The molecule has 38 heavy (non-hydrogen) atoms. The van der Waals surface area contributed by atoms with Crippen LogP contribution in [0.4, 0.5) is 0 Å². The highest BCUT2D eigenvalue weighted by Crippen LogP contribution is 2.28. The molecule has 3 aromatic heterocycles. The van der Waals surface area contributed by atoms with Crippen molar-refractivity contribution >= 4 is 11.3 Å². The van der Waals surface area contributed by atoms with Crippen LogP contribution >= 0.6 is 11.3 Å². The summed E-state index contributed by atoms with van der Waals surface area (Å²) in [6, 6.07) is 14.3. The molecular weight excluding hydrogens is 484 g/mol. The maximum absolute atomic E-state index is 4.96. The van der Waals surface area contributed by atoms with Crippen LogP contribution in [-0.4, -0.2) is 9.97 Å². The summed E-state index contributed by atoms with van der Waals surface area (Å²) in [4.78, 5) is 9.43. The Morgan fingerprint density at radius 3 is 1.45 bits per heavy atom. The molecule has 0 spiro atoms. The summed E-state index contributed by atoms with van der Waals surface area (Å²) >= 11 is 1.69. The first-order valence-corrected chi connectivity index (χ1v) is 14.7. The van der Waals surface area contributed by atoms with E-state index in [0.29, 0.717) is 0 Å². The molecule has 0 aliphatic heterocycles. The summed E-state index contributed by atoms with van der Waals surface area (Å²) in [6.07, 6.45) is 9.41. The van der Waals surface area contributed by atoms with Crippen LogP contribution in [0.3, 0.4) is 0 Å². The first kappa shape index (κ1) is 33.3. The molecule has 0 radical (unpaired) electrons. The Kier molecular flexibility index (Phi) is 16.2. The van der Waals surface area contributed by atoms with E-state index in [9.17, 15) is 0 Å². The predicted molar refractivity (Wildman–Crippen MR) is 166 cm³/mol. The summed E-state index contributed by atoms with van der Waals surface area (Å²) in [7, 11) is 0. The van der Waals surface area contributed by atoms with Crippen molar-refractivity contribution < 1.29 is 4.42 Å². The van der Waals surface area contributed by atoms with E-state index in [4.69, 9.17) is 4.42 Å². The quantitative estimate of drug-likeness (QED) is 0.225. The fraction of sp³-hybridized carbons (Fsp3) is 0.471. The lowest BCUT2D eigenvalue weighted by Gasteiger charge is -2.24. The monoisotopic (exact) mass is 534 g/mol. The van der Waals surface area contributed by atoms with E-state index in [1.165, 1.54) is 52.8 Å². The Hall–Kier alpha value is -2.72. The molecule has 3 heterocycles. The largest absolute Gasteiger partial charge is 0.469 e. The molecule has 0 saturated heterocycles. The summed E-state index contributed by atoms with van der Waals surface area (Å²) in [6.45, 7) is 21.1. The molecule has 1 aromatic carbocycles. The Bertz CT molecular complexity index is 994. The number of aryl methyl sites for hydroxylation is 8. The second kappa shape index (κ2) is 18.5. The summed E-state index contributed by atoms with van der Waals surface area (Å²) < 4.78 is 4.96. The number of pyridine rings is 1. The van der Waals surface area contributed by atoms with E-state index < -0.39 is 0 Å². The predicted octanol–water partition coefficient (Wildman–Crippen LogP) is 10.5. The third kappa shape index (κ3) is 13.7. The average Bonchev–Trinajstić information content (AvgIpc) is 3.47. The van der Waals surface area contributed by atoms with Crippen LogP contribution in [0.15, 0.2) is 64.9 Å². The van der Waals surface area contributed by atoms with E-state index in [0.717, 1.165) is 29.0 Å². The molecule has 1 aliphatic carbocycles. The summed E-state index contributed by atoms with van der Waals surface area (Å²) in [5.41, 5.74) is 9.36. The van der Waals surface area contributed by atoms with Gasteiger partial charge in [-0.2, -0.15) is 0 Å². The van der Waals surface area contributed by atoms with Gasteiger partial charge in [0, 0.05) is 16.8 Å². The van der Waals surface area contributed by atoms with E-state index >= 15 is 0 Å². The second-order valence-corrected chi connectivity index (χ2v) is 11.4. The number of hydrogen-bond donors (Lipinski definition) is 0. The van der Waals surface area contributed by atoms with Crippen LogP contribution in [0.2, 0.25) is 0 Å². The molecule has 2 atom stereocenters. The minimum Gasteiger partial charge on any atom is -0.469 e. The van der Waals surface area contributed by atoms with E-state index in [1.54, 1.807) is 17.6 Å². The van der Waals surface area contributed by atoms with Crippen LogP contribution in [0.5, 0.6) is 0 Å². The molecule has 0 amide bonds. The van der Waals surface area contributed by atoms with Gasteiger partial charge in [0.05, 0.1) is 17.5 Å². The van der Waals surface area contributed by atoms with Gasteiger partial charge in [-0.3, -0.25) is 4.98 Å². The molecular formula is C34H50N2OS. The zero-order valence-corrected chi connectivity index (χ0v) is 26.3. The smallest absolute Gasteiger partial charge is 0.103 e. The van der Waals surface area contributed by atoms with Crippen molar-refractivity contribution in [3.8, 4) is 0 Å². The van der Waals surface area contributed by atoms with Gasteiger partial charge in [-0.1, -0.05) is 69.9 Å². The molecule has 1 saturated carbocycles. The van der Waals surface area contributed by atoms with E-state index in [1.807, 2.05) is 51.5 Å². The number of furan rings is 1. The van der Waals surface area contributed by atoms with Crippen molar-refractivity contribution in [1.29, 1.82) is 0 Å². The lowest BCUT2D eigenvalue weighted by molar-refractivity contribution is 0.277. The van der Waals surface area contributed by atoms with Crippen molar-refractivity contribution in [3.63, 3.8) is 0 Å². The number of benzene rings is 1. The zero-order chi connectivity index (χ0) is 28.5. The molecule has 4 aromatic rings. The molecule has 5 rings (SSSR count). The van der Waals surface area contributed by atoms with Gasteiger partial charge >= 0.3 is 0 Å². The van der Waals surface area contributed by atoms with Crippen LogP contribution in [0.1, 0.15) is 83.8 Å². The highest BCUT2D eigenvalue weighted by molar-refractivity contribution is 7.09. The highest BCUT2D eigenvalue weighted by atomic mass is 32.1. The Morgan fingerprint density at radius 1 is 0.658 bits per heavy atom. The number of rotatable bonds is 0. The van der Waals surface area contributed by atoms with Gasteiger partial charge < -0.3 is 4.42 Å². The van der Waals surface area contributed by atoms with Crippen molar-refractivity contribution in [2.75, 3.05) is 0 Å². The SMILES string of the molecule is C[C@@H]1CCCC[C@@H]1C.Cc1ccccc1C.Cc1cccnc1C.Cc1ccoc1C.Cc1ncsc1C. The number of nitrogens with zero attached hydrogens (tertiary/aromatic N) is 2. The van der Waals surface area contributed by atoms with E-state index in [2.05, 4.69) is 81.8 Å². The van der Waals surface area contributed by atoms with E-state index in [-0.39, 0.29) is 0 Å². The molecule has 4 heteroatoms.